The predicted molar refractivity (Wildman–Crippen MR) is 50.5 cm³/mol. The summed E-state index contributed by atoms with van der Waals surface area (Å²) in [6, 6.07) is 8.02. The van der Waals surface area contributed by atoms with Crippen molar-refractivity contribution >= 4 is 0 Å². The molecule has 0 aliphatic heterocycles. The molecule has 0 unspecified atom stereocenters. The minimum absolute atomic E-state index is 0. The highest BCUT2D eigenvalue weighted by atomic mass is 14.0. The zero-order chi connectivity index (χ0) is 7.40. The normalized spacial score (nSPS) is 8.00. The first-order valence-electron chi connectivity index (χ1n) is 3.43. The number of rotatable bonds is 1. The van der Waals surface area contributed by atoms with Crippen LogP contribution in [0, 0.1) is 12.3 Å². The fourth-order valence-corrected chi connectivity index (χ4v) is 0.969. The van der Waals surface area contributed by atoms with Gasteiger partial charge in [-0.15, -0.1) is 6.42 Å². The summed E-state index contributed by atoms with van der Waals surface area (Å²) in [5, 5.41) is 0. The summed E-state index contributed by atoms with van der Waals surface area (Å²) in [5.41, 5.74) is 2.27. The lowest BCUT2D eigenvalue weighted by molar-refractivity contribution is 1.13. The zero-order valence-corrected chi connectivity index (χ0v) is 6.09. The molecule has 0 atom stereocenters. The highest BCUT2D eigenvalue weighted by molar-refractivity contribution is 5.39. The average molecular weight is 146 g/mol. The van der Waals surface area contributed by atoms with E-state index in [2.05, 4.69) is 18.9 Å². The van der Waals surface area contributed by atoms with E-state index in [4.69, 9.17) is 6.42 Å². The second-order valence-electron chi connectivity index (χ2n) is 2.16. The van der Waals surface area contributed by atoms with Crippen molar-refractivity contribution in [3.8, 4) is 12.3 Å². The van der Waals surface area contributed by atoms with E-state index < -0.39 is 0 Å². The summed E-state index contributed by atoms with van der Waals surface area (Å²) in [6.45, 7) is 2.11. The van der Waals surface area contributed by atoms with Crippen molar-refractivity contribution in [2.45, 2.75) is 20.8 Å². The van der Waals surface area contributed by atoms with Crippen molar-refractivity contribution in [2.75, 3.05) is 0 Å². The van der Waals surface area contributed by atoms with Crippen molar-refractivity contribution in [1.29, 1.82) is 0 Å². The van der Waals surface area contributed by atoms with Crippen LogP contribution in [-0.2, 0) is 6.42 Å². The Morgan fingerprint density at radius 3 is 2.45 bits per heavy atom. The van der Waals surface area contributed by atoms with E-state index in [0.29, 0.717) is 0 Å². The van der Waals surface area contributed by atoms with Gasteiger partial charge >= 0.3 is 0 Å². The van der Waals surface area contributed by atoms with E-state index in [-0.39, 0.29) is 7.43 Å². The smallest absolute Gasteiger partial charge is 0.0274 e. The monoisotopic (exact) mass is 146 g/mol. The summed E-state index contributed by atoms with van der Waals surface area (Å²) in [5.74, 6) is 2.65. The van der Waals surface area contributed by atoms with Gasteiger partial charge in [-0.1, -0.05) is 38.5 Å². The first-order chi connectivity index (χ1) is 4.88. The second-order valence-corrected chi connectivity index (χ2v) is 2.16. The Hall–Kier alpha value is -1.22. The molecule has 0 aliphatic rings. The van der Waals surface area contributed by atoms with E-state index >= 15 is 0 Å². The number of benzene rings is 1. The van der Waals surface area contributed by atoms with Crippen LogP contribution in [0.1, 0.15) is 25.5 Å². The van der Waals surface area contributed by atoms with Gasteiger partial charge in [0.25, 0.3) is 0 Å². The molecule has 0 N–H and O–H groups in total. The number of terminal acetylenes is 1. The molecular weight excluding hydrogens is 132 g/mol. The standard InChI is InChI=1S/C10H10.CH4/c1-3-9-7-5-6-8-10(9)4-2;/h1,5-8H,4H2,2H3;1H4. The van der Waals surface area contributed by atoms with Crippen LogP contribution in [0.5, 0.6) is 0 Å². The van der Waals surface area contributed by atoms with E-state index in [1.165, 1.54) is 5.56 Å². The molecule has 0 radical (unpaired) electrons. The number of aryl methyl sites for hydroxylation is 1. The van der Waals surface area contributed by atoms with Crippen molar-refractivity contribution in [3.05, 3.63) is 35.4 Å². The van der Waals surface area contributed by atoms with Gasteiger partial charge in [-0.25, -0.2) is 0 Å². The summed E-state index contributed by atoms with van der Waals surface area (Å²) in [4.78, 5) is 0. The molecule has 1 aromatic rings. The summed E-state index contributed by atoms with van der Waals surface area (Å²) in [6.07, 6.45) is 6.29. The van der Waals surface area contributed by atoms with Gasteiger partial charge in [-0.3, -0.25) is 0 Å². The van der Waals surface area contributed by atoms with Crippen molar-refractivity contribution < 1.29 is 0 Å². The number of hydrogen-bond acceptors (Lipinski definition) is 0. The molecule has 0 amide bonds. The Balaban J connectivity index is 0.000001000. The number of hydrogen-bond donors (Lipinski definition) is 0. The minimum atomic E-state index is 0. The molecule has 1 rings (SSSR count). The maximum absolute atomic E-state index is 5.28. The van der Waals surface area contributed by atoms with Crippen LogP contribution in [0.25, 0.3) is 0 Å². The van der Waals surface area contributed by atoms with Gasteiger partial charge in [0.2, 0.25) is 0 Å². The summed E-state index contributed by atoms with van der Waals surface area (Å²) < 4.78 is 0. The fourth-order valence-electron chi connectivity index (χ4n) is 0.969. The summed E-state index contributed by atoms with van der Waals surface area (Å²) in [7, 11) is 0. The fraction of sp³-hybridized carbons (Fsp3) is 0.273. The van der Waals surface area contributed by atoms with Crippen LogP contribution < -0.4 is 0 Å². The minimum Gasteiger partial charge on any atom is -0.115 e. The third kappa shape index (κ3) is 2.13. The Morgan fingerprint density at radius 1 is 1.36 bits per heavy atom. The van der Waals surface area contributed by atoms with Gasteiger partial charge < -0.3 is 0 Å². The SMILES string of the molecule is C.C#Cc1ccccc1CC. The molecule has 0 fully saturated rings. The van der Waals surface area contributed by atoms with Crippen LogP contribution in [0.4, 0.5) is 0 Å². The molecular formula is C11H14. The van der Waals surface area contributed by atoms with Crippen LogP contribution in [0.2, 0.25) is 0 Å². The van der Waals surface area contributed by atoms with Gasteiger partial charge in [0.15, 0.2) is 0 Å². The van der Waals surface area contributed by atoms with Crippen LogP contribution in [-0.4, -0.2) is 0 Å². The third-order valence-corrected chi connectivity index (χ3v) is 1.55. The maximum Gasteiger partial charge on any atom is 0.0274 e. The van der Waals surface area contributed by atoms with Crippen molar-refractivity contribution in [1.82, 2.24) is 0 Å². The lowest BCUT2D eigenvalue weighted by atomic mass is 10.1. The summed E-state index contributed by atoms with van der Waals surface area (Å²) >= 11 is 0. The Labute approximate surface area is 69.3 Å². The topological polar surface area (TPSA) is 0 Å². The van der Waals surface area contributed by atoms with Crippen molar-refractivity contribution in [3.63, 3.8) is 0 Å². The Bertz CT molecular complexity index is 253. The Kier molecular flexibility index (Phi) is 4.07. The molecule has 0 aliphatic carbocycles. The van der Waals surface area contributed by atoms with Crippen molar-refractivity contribution in [2.24, 2.45) is 0 Å². The van der Waals surface area contributed by atoms with Gasteiger partial charge in [0.05, 0.1) is 0 Å². The van der Waals surface area contributed by atoms with E-state index in [1.54, 1.807) is 0 Å². The molecule has 0 nitrogen and oxygen atoms in total. The maximum atomic E-state index is 5.28. The lowest BCUT2D eigenvalue weighted by Crippen LogP contribution is -1.84. The zero-order valence-electron chi connectivity index (χ0n) is 6.09. The van der Waals surface area contributed by atoms with E-state index in [9.17, 15) is 0 Å². The molecule has 11 heavy (non-hydrogen) atoms. The molecule has 1 aromatic carbocycles. The predicted octanol–water partition coefficient (Wildman–Crippen LogP) is 2.87. The molecule has 0 aromatic heterocycles. The largest absolute Gasteiger partial charge is 0.115 e. The quantitative estimate of drug-likeness (QED) is 0.534. The van der Waals surface area contributed by atoms with E-state index in [0.717, 1.165) is 12.0 Å². The van der Waals surface area contributed by atoms with E-state index in [1.807, 2.05) is 18.2 Å². The highest BCUT2D eigenvalue weighted by Gasteiger charge is 1.92. The van der Waals surface area contributed by atoms with Gasteiger partial charge in [0, 0.05) is 5.56 Å². The van der Waals surface area contributed by atoms with Crippen LogP contribution in [0.3, 0.4) is 0 Å². The molecule has 0 heteroatoms. The van der Waals surface area contributed by atoms with Crippen LogP contribution in [0.15, 0.2) is 24.3 Å². The second kappa shape index (κ2) is 4.57. The average Bonchev–Trinajstić information content (AvgIpc) is 2.04. The Morgan fingerprint density at radius 2 is 2.00 bits per heavy atom. The highest BCUT2D eigenvalue weighted by Crippen LogP contribution is 2.06. The van der Waals surface area contributed by atoms with Gasteiger partial charge in [-0.2, -0.15) is 0 Å². The van der Waals surface area contributed by atoms with Crippen LogP contribution >= 0.6 is 0 Å². The van der Waals surface area contributed by atoms with Gasteiger partial charge in [-0.05, 0) is 18.1 Å². The molecule has 0 saturated heterocycles. The molecule has 58 valence electrons. The lowest BCUT2D eigenvalue weighted by Gasteiger charge is -1.97. The first-order valence-corrected chi connectivity index (χ1v) is 3.43. The molecule has 0 saturated carbocycles. The molecule has 0 heterocycles. The third-order valence-electron chi connectivity index (χ3n) is 1.55. The molecule has 0 spiro atoms. The van der Waals surface area contributed by atoms with Gasteiger partial charge in [0.1, 0.15) is 0 Å². The molecule has 0 bridgehead atoms. The first kappa shape index (κ1) is 9.78.